The third-order valence-electron chi connectivity index (χ3n) is 2.08. The lowest BCUT2D eigenvalue weighted by Crippen LogP contribution is -1.89. The molecule has 74 valence electrons. The number of hydrogen-bond acceptors (Lipinski definition) is 2. The van der Waals surface area contributed by atoms with Crippen LogP contribution in [0.4, 0.5) is 0 Å². The first-order valence-corrected chi connectivity index (χ1v) is 5.27. The molecule has 1 aromatic heterocycles. The molecule has 0 amide bonds. The molecule has 2 rings (SSSR count). The fourth-order valence-corrected chi connectivity index (χ4v) is 1.73. The molecule has 2 aromatic rings. The molecule has 1 aromatic carbocycles. The first-order chi connectivity index (χ1) is 7.31. The number of rotatable bonds is 2. The van der Waals surface area contributed by atoms with Crippen LogP contribution >= 0.6 is 15.9 Å². The zero-order valence-corrected chi connectivity index (χ0v) is 9.44. The van der Waals surface area contributed by atoms with Gasteiger partial charge in [0.1, 0.15) is 4.60 Å². The van der Waals surface area contributed by atoms with E-state index in [0.717, 1.165) is 22.1 Å². The van der Waals surface area contributed by atoms with Crippen molar-refractivity contribution in [3.05, 3.63) is 52.6 Å². The summed E-state index contributed by atoms with van der Waals surface area (Å²) in [6.45, 7) is 0. The summed E-state index contributed by atoms with van der Waals surface area (Å²) < 4.78 is 0.765. The third kappa shape index (κ3) is 2.13. The molecule has 0 N–H and O–H groups in total. The van der Waals surface area contributed by atoms with Crippen LogP contribution < -0.4 is 0 Å². The standard InChI is InChI=1S/C12H8BrNO/c13-12-7-3-6-11(14-12)10-5-2-1-4-9(10)8-15/h1-8H. The van der Waals surface area contributed by atoms with Crippen LogP contribution in [0.2, 0.25) is 0 Å². The molecule has 0 unspecified atom stereocenters. The fourth-order valence-electron chi connectivity index (χ4n) is 1.39. The summed E-state index contributed by atoms with van der Waals surface area (Å²) in [5, 5.41) is 0. The first-order valence-electron chi connectivity index (χ1n) is 4.48. The van der Waals surface area contributed by atoms with Crippen LogP contribution in [-0.2, 0) is 0 Å². The molecule has 0 aliphatic heterocycles. The number of hydrogen-bond donors (Lipinski definition) is 0. The normalized spacial score (nSPS) is 9.93. The maximum atomic E-state index is 10.8. The second-order valence-electron chi connectivity index (χ2n) is 3.05. The van der Waals surface area contributed by atoms with Crippen molar-refractivity contribution in [3.63, 3.8) is 0 Å². The molecule has 15 heavy (non-hydrogen) atoms. The maximum absolute atomic E-state index is 10.8. The minimum atomic E-state index is 0.656. The van der Waals surface area contributed by atoms with Gasteiger partial charge in [-0.05, 0) is 28.1 Å². The Morgan fingerprint density at radius 3 is 2.60 bits per heavy atom. The van der Waals surface area contributed by atoms with Crippen LogP contribution in [0.3, 0.4) is 0 Å². The Bertz CT molecular complexity index is 496. The zero-order chi connectivity index (χ0) is 10.7. The van der Waals surface area contributed by atoms with Crippen LogP contribution in [0.1, 0.15) is 10.4 Å². The van der Waals surface area contributed by atoms with Gasteiger partial charge in [-0.25, -0.2) is 4.98 Å². The SMILES string of the molecule is O=Cc1ccccc1-c1cccc(Br)n1. The number of halogens is 1. The Morgan fingerprint density at radius 2 is 1.87 bits per heavy atom. The van der Waals surface area contributed by atoms with E-state index in [1.807, 2.05) is 36.4 Å². The number of aldehydes is 1. The Hall–Kier alpha value is -1.48. The van der Waals surface area contributed by atoms with E-state index >= 15 is 0 Å². The molecule has 0 bridgehead atoms. The van der Waals surface area contributed by atoms with Gasteiger partial charge in [0.2, 0.25) is 0 Å². The third-order valence-corrected chi connectivity index (χ3v) is 2.52. The molecule has 2 nitrogen and oxygen atoms in total. The van der Waals surface area contributed by atoms with Crippen molar-refractivity contribution >= 4 is 22.2 Å². The summed E-state index contributed by atoms with van der Waals surface area (Å²) in [5.74, 6) is 0. The molecule has 0 fully saturated rings. The Labute approximate surface area is 96.1 Å². The first kappa shape index (κ1) is 10.1. The van der Waals surface area contributed by atoms with Gasteiger partial charge < -0.3 is 0 Å². The summed E-state index contributed by atoms with van der Waals surface area (Å²) in [5.41, 5.74) is 2.31. The van der Waals surface area contributed by atoms with E-state index in [1.54, 1.807) is 6.07 Å². The summed E-state index contributed by atoms with van der Waals surface area (Å²) in [7, 11) is 0. The summed E-state index contributed by atoms with van der Waals surface area (Å²) in [6.07, 6.45) is 0.845. The summed E-state index contributed by atoms with van der Waals surface area (Å²) in [6, 6.07) is 13.0. The second-order valence-corrected chi connectivity index (χ2v) is 3.86. The quantitative estimate of drug-likeness (QED) is 0.613. The Morgan fingerprint density at radius 1 is 1.07 bits per heavy atom. The largest absolute Gasteiger partial charge is 0.298 e. The summed E-state index contributed by atoms with van der Waals surface area (Å²) in [4.78, 5) is 15.2. The van der Waals surface area contributed by atoms with E-state index in [1.165, 1.54) is 0 Å². The average Bonchev–Trinajstić information content (AvgIpc) is 2.29. The molecule has 1 heterocycles. The molecule has 3 heteroatoms. The molecule has 0 radical (unpaired) electrons. The molecule has 0 aliphatic carbocycles. The van der Waals surface area contributed by atoms with Gasteiger partial charge in [-0.3, -0.25) is 4.79 Å². The number of pyridine rings is 1. The van der Waals surface area contributed by atoms with Crippen molar-refractivity contribution in [1.82, 2.24) is 4.98 Å². The van der Waals surface area contributed by atoms with Crippen molar-refractivity contribution in [2.75, 3.05) is 0 Å². The van der Waals surface area contributed by atoms with Crippen LogP contribution in [0.5, 0.6) is 0 Å². The number of carbonyl (C=O) groups is 1. The molecule has 0 saturated heterocycles. The number of nitrogens with zero attached hydrogens (tertiary/aromatic N) is 1. The van der Waals surface area contributed by atoms with Gasteiger partial charge in [-0.2, -0.15) is 0 Å². The van der Waals surface area contributed by atoms with Crippen molar-refractivity contribution < 1.29 is 4.79 Å². The van der Waals surface area contributed by atoms with E-state index < -0.39 is 0 Å². The van der Waals surface area contributed by atoms with E-state index in [4.69, 9.17) is 0 Å². The van der Waals surface area contributed by atoms with Crippen molar-refractivity contribution in [1.29, 1.82) is 0 Å². The highest BCUT2D eigenvalue weighted by atomic mass is 79.9. The maximum Gasteiger partial charge on any atom is 0.150 e. The van der Waals surface area contributed by atoms with E-state index in [2.05, 4.69) is 20.9 Å². The predicted molar refractivity (Wildman–Crippen MR) is 62.8 cm³/mol. The minimum absolute atomic E-state index is 0.656. The second kappa shape index (κ2) is 4.36. The van der Waals surface area contributed by atoms with Crippen LogP contribution in [0.15, 0.2) is 47.1 Å². The van der Waals surface area contributed by atoms with Gasteiger partial charge in [0, 0.05) is 11.1 Å². The van der Waals surface area contributed by atoms with Crippen molar-refractivity contribution in [2.45, 2.75) is 0 Å². The molecule has 0 spiro atoms. The number of carbonyl (C=O) groups excluding carboxylic acids is 1. The van der Waals surface area contributed by atoms with Gasteiger partial charge in [0.15, 0.2) is 6.29 Å². The lowest BCUT2D eigenvalue weighted by atomic mass is 10.1. The van der Waals surface area contributed by atoms with E-state index in [0.29, 0.717) is 5.56 Å². The monoisotopic (exact) mass is 261 g/mol. The molecular weight excluding hydrogens is 254 g/mol. The Balaban J connectivity index is 2.58. The molecule has 0 aliphatic rings. The van der Waals surface area contributed by atoms with Gasteiger partial charge >= 0.3 is 0 Å². The van der Waals surface area contributed by atoms with Crippen LogP contribution in [-0.4, -0.2) is 11.3 Å². The van der Waals surface area contributed by atoms with Gasteiger partial charge in [-0.1, -0.05) is 30.3 Å². The summed E-state index contributed by atoms with van der Waals surface area (Å²) >= 11 is 3.31. The average molecular weight is 262 g/mol. The van der Waals surface area contributed by atoms with Crippen molar-refractivity contribution in [3.8, 4) is 11.3 Å². The van der Waals surface area contributed by atoms with E-state index in [9.17, 15) is 4.79 Å². The smallest absolute Gasteiger partial charge is 0.150 e. The lowest BCUT2D eigenvalue weighted by Gasteiger charge is -2.03. The van der Waals surface area contributed by atoms with Crippen LogP contribution in [0.25, 0.3) is 11.3 Å². The highest BCUT2D eigenvalue weighted by Gasteiger charge is 2.04. The van der Waals surface area contributed by atoms with Gasteiger partial charge in [-0.15, -0.1) is 0 Å². The molecular formula is C12H8BrNO. The Kier molecular flexibility index (Phi) is 2.92. The molecule has 0 atom stereocenters. The lowest BCUT2D eigenvalue weighted by molar-refractivity contribution is 0.112. The highest BCUT2D eigenvalue weighted by molar-refractivity contribution is 9.10. The molecule has 0 saturated carbocycles. The number of aromatic nitrogens is 1. The van der Waals surface area contributed by atoms with E-state index in [-0.39, 0.29) is 0 Å². The highest BCUT2D eigenvalue weighted by Crippen LogP contribution is 2.21. The van der Waals surface area contributed by atoms with Gasteiger partial charge in [0.05, 0.1) is 5.69 Å². The minimum Gasteiger partial charge on any atom is -0.298 e. The van der Waals surface area contributed by atoms with Crippen molar-refractivity contribution in [2.24, 2.45) is 0 Å². The zero-order valence-electron chi connectivity index (χ0n) is 7.85. The number of benzene rings is 1. The predicted octanol–water partition coefficient (Wildman–Crippen LogP) is 3.32. The fraction of sp³-hybridized carbons (Fsp3) is 0. The van der Waals surface area contributed by atoms with Gasteiger partial charge in [0.25, 0.3) is 0 Å². The topological polar surface area (TPSA) is 30.0 Å². The van der Waals surface area contributed by atoms with Crippen LogP contribution in [0, 0.1) is 0 Å².